The number of benzene rings is 4. The van der Waals surface area contributed by atoms with Gasteiger partial charge in [-0.05, 0) is 71.7 Å². The van der Waals surface area contributed by atoms with E-state index in [0.29, 0.717) is 32.8 Å². The molecular weight excluding hydrogens is 641 g/mol. The molecule has 0 radical (unpaired) electrons. The molecule has 0 bridgehead atoms. The van der Waals surface area contributed by atoms with Crippen LogP contribution in [0.1, 0.15) is 16.7 Å². The number of alkyl carbamates (subject to hydrolysis) is 1. The lowest BCUT2D eigenvalue weighted by atomic mass is 10.2. The van der Waals surface area contributed by atoms with Gasteiger partial charge in [0.2, 0.25) is 0 Å². The summed E-state index contributed by atoms with van der Waals surface area (Å²) in [4.78, 5) is 30.7. The summed E-state index contributed by atoms with van der Waals surface area (Å²) >= 11 is 6.97. The Bertz CT molecular complexity index is 1470. The third kappa shape index (κ3) is 12.3. The third-order valence-corrected chi connectivity index (χ3v) is 10.2. The molecule has 0 saturated heterocycles. The van der Waals surface area contributed by atoms with E-state index in [-0.39, 0.29) is 12.2 Å². The van der Waals surface area contributed by atoms with E-state index in [1.807, 2.05) is 60.7 Å². The lowest BCUT2D eigenvalue weighted by Gasteiger charge is -2.20. The lowest BCUT2D eigenvalue weighted by Crippen LogP contribution is -2.32. The second-order valence-electron chi connectivity index (χ2n) is 9.80. The van der Waals surface area contributed by atoms with Crippen molar-refractivity contribution in [2.45, 2.75) is 39.3 Å². The standard InChI is InChI=1S/C18H19NO2S2.C17H19NO2S2/c1-22-16-7-8-17-15(11-16)12-19(9-10-23-17)18(20)21-13-14-5-3-2-4-6-14;1-21-15-7-9-16(10-8-15)22-12-11-18-17(19)20-13-14-5-3-2-4-6-14/h2-8,11H,9-10,12-13H2,1H3;2-10H,11-13H2,1H3,(H,18,19). The normalized spacial score (nSPS) is 12.2. The summed E-state index contributed by atoms with van der Waals surface area (Å²) in [5.41, 5.74) is 3.20. The number of rotatable bonds is 10. The second-order valence-corrected chi connectivity index (χ2v) is 13.9. The Labute approximate surface area is 283 Å². The van der Waals surface area contributed by atoms with E-state index >= 15 is 0 Å². The minimum absolute atomic E-state index is 0.239. The first-order chi connectivity index (χ1) is 22.0. The van der Waals surface area contributed by atoms with Gasteiger partial charge >= 0.3 is 12.2 Å². The van der Waals surface area contributed by atoms with Crippen molar-refractivity contribution in [1.82, 2.24) is 10.2 Å². The molecule has 2 amide bonds. The molecule has 0 unspecified atom stereocenters. The molecule has 1 aliphatic heterocycles. The van der Waals surface area contributed by atoms with Crippen LogP contribution in [0.25, 0.3) is 0 Å². The summed E-state index contributed by atoms with van der Waals surface area (Å²) in [5, 5.41) is 2.76. The Morgan fingerprint density at radius 2 is 1.38 bits per heavy atom. The summed E-state index contributed by atoms with van der Waals surface area (Å²) in [6.45, 7) is 2.53. The number of thioether (sulfide) groups is 4. The molecule has 4 aromatic carbocycles. The largest absolute Gasteiger partial charge is 0.445 e. The predicted octanol–water partition coefficient (Wildman–Crippen LogP) is 9.08. The Hall–Kier alpha value is -3.18. The van der Waals surface area contributed by atoms with Crippen LogP contribution in [0, 0.1) is 0 Å². The summed E-state index contributed by atoms with van der Waals surface area (Å²) in [7, 11) is 0. The predicted molar refractivity (Wildman–Crippen MR) is 190 cm³/mol. The highest BCUT2D eigenvalue weighted by Gasteiger charge is 2.21. The number of nitrogens with one attached hydrogen (secondary N) is 1. The SMILES string of the molecule is CSc1ccc(SCCNC(=O)OCc2ccccc2)cc1.CSc1ccc2c(c1)CN(C(=O)OCc1ccccc1)CCS2. The third-order valence-electron chi connectivity index (χ3n) is 6.62. The van der Waals surface area contributed by atoms with Crippen molar-refractivity contribution >= 4 is 59.2 Å². The molecule has 45 heavy (non-hydrogen) atoms. The molecule has 0 atom stereocenters. The number of amides is 2. The van der Waals surface area contributed by atoms with Crippen LogP contribution in [-0.2, 0) is 29.2 Å². The first-order valence-electron chi connectivity index (χ1n) is 14.5. The summed E-state index contributed by atoms with van der Waals surface area (Å²) in [6, 6.07) is 34.3. The molecular formula is C35H38N2O4S4. The van der Waals surface area contributed by atoms with Crippen LogP contribution in [0.3, 0.4) is 0 Å². The average molecular weight is 679 g/mol. The van der Waals surface area contributed by atoms with Gasteiger partial charge in [-0.3, -0.25) is 0 Å². The summed E-state index contributed by atoms with van der Waals surface area (Å²) < 4.78 is 10.6. The van der Waals surface area contributed by atoms with E-state index in [0.717, 1.165) is 22.6 Å². The Balaban J connectivity index is 0.000000205. The number of carbonyl (C=O) groups excluding carboxylic acids is 2. The van der Waals surface area contributed by atoms with Gasteiger partial charge in [0, 0.05) is 44.2 Å². The molecule has 6 nitrogen and oxygen atoms in total. The monoisotopic (exact) mass is 678 g/mol. The molecule has 1 N–H and O–H groups in total. The van der Waals surface area contributed by atoms with Gasteiger partial charge in [0.15, 0.2) is 0 Å². The zero-order valence-corrected chi connectivity index (χ0v) is 28.7. The molecule has 0 spiro atoms. The second kappa shape index (κ2) is 19.4. The van der Waals surface area contributed by atoms with Gasteiger partial charge in [0.1, 0.15) is 13.2 Å². The van der Waals surface area contributed by atoms with Crippen molar-refractivity contribution in [3.8, 4) is 0 Å². The first kappa shape index (κ1) is 34.7. The van der Waals surface area contributed by atoms with Gasteiger partial charge in [-0.15, -0.1) is 47.0 Å². The fourth-order valence-electron chi connectivity index (χ4n) is 4.23. The van der Waals surface area contributed by atoms with Gasteiger partial charge in [-0.1, -0.05) is 60.7 Å². The van der Waals surface area contributed by atoms with Crippen molar-refractivity contribution in [2.24, 2.45) is 0 Å². The van der Waals surface area contributed by atoms with Crippen molar-refractivity contribution in [3.05, 3.63) is 120 Å². The maximum Gasteiger partial charge on any atom is 0.410 e. The molecule has 0 saturated carbocycles. The minimum atomic E-state index is -0.373. The van der Waals surface area contributed by atoms with E-state index < -0.39 is 0 Å². The maximum absolute atomic E-state index is 12.4. The number of ether oxygens (including phenoxy) is 2. The number of fused-ring (bicyclic) bond motifs is 1. The van der Waals surface area contributed by atoms with Gasteiger partial charge in [-0.2, -0.15) is 0 Å². The molecule has 10 heteroatoms. The van der Waals surface area contributed by atoms with E-state index in [2.05, 4.69) is 60.3 Å². The van der Waals surface area contributed by atoms with Gasteiger partial charge in [0.25, 0.3) is 0 Å². The van der Waals surface area contributed by atoms with Crippen LogP contribution in [0.5, 0.6) is 0 Å². The average Bonchev–Trinajstić information content (AvgIpc) is 3.32. The van der Waals surface area contributed by atoms with Crippen LogP contribution >= 0.6 is 47.0 Å². The lowest BCUT2D eigenvalue weighted by molar-refractivity contribution is 0.0960. The van der Waals surface area contributed by atoms with Crippen molar-refractivity contribution in [2.75, 3.05) is 37.1 Å². The van der Waals surface area contributed by atoms with Crippen LogP contribution in [0.4, 0.5) is 9.59 Å². The highest BCUT2D eigenvalue weighted by Crippen LogP contribution is 2.31. The van der Waals surface area contributed by atoms with Gasteiger partial charge in [0.05, 0.1) is 6.54 Å². The quantitative estimate of drug-likeness (QED) is 0.132. The first-order valence-corrected chi connectivity index (χ1v) is 18.9. The van der Waals surface area contributed by atoms with Gasteiger partial charge < -0.3 is 19.7 Å². The molecule has 1 aliphatic rings. The highest BCUT2D eigenvalue weighted by atomic mass is 32.2. The molecule has 0 fully saturated rings. The fourth-order valence-corrected chi connectivity index (χ4v) is 6.88. The number of hydrogen-bond acceptors (Lipinski definition) is 8. The molecule has 0 aromatic heterocycles. The van der Waals surface area contributed by atoms with Crippen molar-refractivity contribution in [1.29, 1.82) is 0 Å². The molecule has 0 aliphatic carbocycles. The van der Waals surface area contributed by atoms with Gasteiger partial charge in [-0.25, -0.2) is 9.59 Å². The van der Waals surface area contributed by atoms with Crippen molar-refractivity contribution < 1.29 is 19.1 Å². The molecule has 4 aromatic rings. The van der Waals surface area contributed by atoms with Crippen LogP contribution in [0.2, 0.25) is 0 Å². The summed E-state index contributed by atoms with van der Waals surface area (Å²) in [5.74, 6) is 1.71. The highest BCUT2D eigenvalue weighted by molar-refractivity contribution is 8.00. The Morgan fingerprint density at radius 1 is 0.778 bits per heavy atom. The zero-order valence-electron chi connectivity index (χ0n) is 25.5. The molecule has 5 rings (SSSR count). The van der Waals surface area contributed by atoms with Crippen LogP contribution in [-0.4, -0.2) is 54.2 Å². The topological polar surface area (TPSA) is 67.9 Å². The smallest absolute Gasteiger partial charge is 0.410 e. The van der Waals surface area contributed by atoms with Crippen LogP contribution < -0.4 is 5.32 Å². The molecule has 236 valence electrons. The Kier molecular flexibility index (Phi) is 14.9. The fraction of sp³-hybridized carbons (Fsp3) is 0.257. The number of hydrogen-bond donors (Lipinski definition) is 1. The zero-order chi connectivity index (χ0) is 31.7. The summed E-state index contributed by atoms with van der Waals surface area (Å²) in [6.07, 6.45) is 3.52. The van der Waals surface area contributed by atoms with Crippen molar-refractivity contribution in [3.63, 3.8) is 0 Å². The van der Waals surface area contributed by atoms with E-state index in [9.17, 15) is 9.59 Å². The minimum Gasteiger partial charge on any atom is -0.445 e. The van der Waals surface area contributed by atoms with E-state index in [1.54, 1.807) is 51.9 Å². The van der Waals surface area contributed by atoms with E-state index in [4.69, 9.17) is 9.47 Å². The van der Waals surface area contributed by atoms with Crippen LogP contribution in [0.15, 0.2) is 123 Å². The molecule has 1 heterocycles. The van der Waals surface area contributed by atoms with E-state index in [1.165, 1.54) is 25.1 Å². The maximum atomic E-state index is 12.4. The number of nitrogens with zero attached hydrogens (tertiary/aromatic N) is 1. The Morgan fingerprint density at radius 3 is 2.02 bits per heavy atom. The number of carbonyl (C=O) groups is 2.